The van der Waals surface area contributed by atoms with Crippen LogP contribution in [-0.2, 0) is 4.74 Å². The summed E-state index contributed by atoms with van der Waals surface area (Å²) >= 11 is 1.50. The van der Waals surface area contributed by atoms with Crippen molar-refractivity contribution in [2.75, 3.05) is 20.8 Å². The Kier molecular flexibility index (Phi) is 5.09. The second-order valence-corrected chi connectivity index (χ2v) is 6.07. The van der Waals surface area contributed by atoms with E-state index in [0.29, 0.717) is 23.7 Å². The highest BCUT2D eigenvalue weighted by atomic mass is 32.1. The molecule has 0 N–H and O–H groups in total. The van der Waals surface area contributed by atoms with Gasteiger partial charge >= 0.3 is 5.97 Å². The van der Waals surface area contributed by atoms with Crippen LogP contribution in [0.5, 0.6) is 11.5 Å². The summed E-state index contributed by atoms with van der Waals surface area (Å²) in [6, 6.07) is 9.44. The third-order valence-electron chi connectivity index (χ3n) is 3.78. The monoisotopic (exact) mass is 357 g/mol. The van der Waals surface area contributed by atoms with Crippen LogP contribution < -0.4 is 9.47 Å². The van der Waals surface area contributed by atoms with Gasteiger partial charge in [-0.05, 0) is 36.8 Å². The molecule has 0 amide bonds. The van der Waals surface area contributed by atoms with Crippen molar-refractivity contribution in [2.24, 2.45) is 0 Å². The maximum absolute atomic E-state index is 12.6. The molecule has 25 heavy (non-hydrogen) atoms. The number of ether oxygens (including phenoxy) is 3. The van der Waals surface area contributed by atoms with Crippen LogP contribution in [-0.4, -0.2) is 31.4 Å². The molecule has 130 valence electrons. The molecule has 5 nitrogen and oxygen atoms in total. The Bertz CT molecular complexity index is 868. The van der Waals surface area contributed by atoms with E-state index >= 15 is 0 Å². The van der Waals surface area contributed by atoms with E-state index in [1.807, 2.05) is 52.7 Å². The number of methoxy groups -OCH3 is 2. The lowest BCUT2D eigenvalue weighted by molar-refractivity contribution is 0.0528. The van der Waals surface area contributed by atoms with E-state index in [0.717, 1.165) is 16.1 Å². The summed E-state index contributed by atoms with van der Waals surface area (Å²) in [4.78, 5) is 12.6. The fraction of sp³-hybridized carbons (Fsp3) is 0.211. The van der Waals surface area contributed by atoms with Crippen molar-refractivity contribution in [3.05, 3.63) is 53.7 Å². The van der Waals surface area contributed by atoms with Gasteiger partial charge in [-0.15, -0.1) is 11.3 Å². The summed E-state index contributed by atoms with van der Waals surface area (Å²) in [7, 11) is 3.18. The minimum atomic E-state index is -0.336. The van der Waals surface area contributed by atoms with Gasteiger partial charge in [0.2, 0.25) is 0 Å². The van der Waals surface area contributed by atoms with Gasteiger partial charge in [0.25, 0.3) is 0 Å². The van der Waals surface area contributed by atoms with E-state index in [9.17, 15) is 4.79 Å². The average Bonchev–Trinajstić information content (AvgIpc) is 3.30. The topological polar surface area (TPSA) is 49.7 Å². The molecule has 1 aromatic carbocycles. The summed E-state index contributed by atoms with van der Waals surface area (Å²) in [5.41, 5.74) is 2.23. The van der Waals surface area contributed by atoms with Gasteiger partial charge in [0, 0.05) is 23.3 Å². The smallest absolute Gasteiger partial charge is 0.341 e. The Morgan fingerprint density at radius 2 is 1.84 bits per heavy atom. The Morgan fingerprint density at radius 3 is 2.48 bits per heavy atom. The predicted octanol–water partition coefficient (Wildman–Crippen LogP) is 4.40. The predicted molar refractivity (Wildman–Crippen MR) is 98.1 cm³/mol. The molecule has 0 saturated carbocycles. The number of nitrogens with zero attached hydrogens (tertiary/aromatic N) is 1. The quantitative estimate of drug-likeness (QED) is 0.614. The third kappa shape index (κ3) is 3.25. The van der Waals surface area contributed by atoms with Gasteiger partial charge in [-0.1, -0.05) is 6.07 Å². The molecule has 0 aliphatic carbocycles. The normalized spacial score (nSPS) is 10.5. The lowest BCUT2D eigenvalue weighted by Gasteiger charge is -2.11. The highest BCUT2D eigenvalue weighted by Crippen LogP contribution is 2.38. The van der Waals surface area contributed by atoms with Crippen molar-refractivity contribution >= 4 is 17.3 Å². The number of rotatable bonds is 6. The number of aromatic nitrogens is 1. The third-order valence-corrected chi connectivity index (χ3v) is 4.78. The van der Waals surface area contributed by atoms with Gasteiger partial charge in [0.1, 0.15) is 10.6 Å². The highest BCUT2D eigenvalue weighted by Gasteiger charge is 2.23. The molecule has 0 aliphatic rings. The van der Waals surface area contributed by atoms with Gasteiger partial charge in [0.05, 0.1) is 20.8 Å². The van der Waals surface area contributed by atoms with Crippen LogP contribution in [0.25, 0.3) is 16.1 Å². The second kappa shape index (κ2) is 7.44. The van der Waals surface area contributed by atoms with Gasteiger partial charge < -0.3 is 18.8 Å². The molecule has 2 heterocycles. The van der Waals surface area contributed by atoms with Gasteiger partial charge in [-0.3, -0.25) is 0 Å². The Hall–Kier alpha value is -2.73. The van der Waals surface area contributed by atoms with Crippen molar-refractivity contribution in [2.45, 2.75) is 6.92 Å². The molecular weight excluding hydrogens is 338 g/mol. The molecule has 0 aliphatic heterocycles. The maximum atomic E-state index is 12.6. The second-order valence-electron chi connectivity index (χ2n) is 5.21. The first kappa shape index (κ1) is 17.1. The summed E-state index contributed by atoms with van der Waals surface area (Å²) in [6.07, 6.45) is 3.82. The van der Waals surface area contributed by atoms with E-state index in [4.69, 9.17) is 14.2 Å². The zero-order chi connectivity index (χ0) is 17.8. The van der Waals surface area contributed by atoms with Crippen LogP contribution in [0.1, 0.15) is 17.3 Å². The van der Waals surface area contributed by atoms with Crippen LogP contribution >= 0.6 is 11.3 Å². The number of hydrogen-bond donors (Lipinski definition) is 0. The first-order valence-electron chi connectivity index (χ1n) is 7.84. The number of benzene rings is 1. The van der Waals surface area contributed by atoms with Crippen molar-refractivity contribution in [3.8, 4) is 27.6 Å². The van der Waals surface area contributed by atoms with Crippen LogP contribution in [0.4, 0.5) is 0 Å². The van der Waals surface area contributed by atoms with Gasteiger partial charge in [0.15, 0.2) is 11.5 Å². The molecule has 0 bridgehead atoms. The maximum Gasteiger partial charge on any atom is 0.341 e. The first-order chi connectivity index (χ1) is 12.2. The fourth-order valence-corrected chi connectivity index (χ4v) is 3.66. The molecule has 0 radical (unpaired) electrons. The molecule has 3 rings (SSSR count). The van der Waals surface area contributed by atoms with Gasteiger partial charge in [-0.25, -0.2) is 4.79 Å². The molecule has 3 aromatic rings. The van der Waals surface area contributed by atoms with Crippen LogP contribution in [0.2, 0.25) is 0 Å². The number of thiophene rings is 1. The van der Waals surface area contributed by atoms with Crippen LogP contribution in [0, 0.1) is 0 Å². The minimum Gasteiger partial charge on any atom is -0.493 e. The Labute approximate surface area is 150 Å². The molecule has 0 atom stereocenters. The fourth-order valence-electron chi connectivity index (χ4n) is 2.62. The Balaban J connectivity index is 2.15. The van der Waals surface area contributed by atoms with E-state index in [-0.39, 0.29) is 5.97 Å². The molecule has 0 unspecified atom stereocenters. The van der Waals surface area contributed by atoms with Crippen molar-refractivity contribution in [3.63, 3.8) is 0 Å². The lowest BCUT2D eigenvalue weighted by atomic mass is 10.0. The number of esters is 1. The van der Waals surface area contributed by atoms with E-state index in [1.165, 1.54) is 11.3 Å². The van der Waals surface area contributed by atoms with E-state index < -0.39 is 0 Å². The van der Waals surface area contributed by atoms with Gasteiger partial charge in [-0.2, -0.15) is 0 Å². The molecule has 2 aromatic heterocycles. The van der Waals surface area contributed by atoms with Crippen LogP contribution in [0.3, 0.4) is 0 Å². The first-order valence-corrected chi connectivity index (χ1v) is 8.71. The molecule has 0 spiro atoms. The standard InChI is InChI=1S/C19H19NO4S/c1-4-24-19(21)17-14(12-25-18(17)20-9-5-6-10-20)13-7-8-15(22-2)16(11-13)23-3/h5-12H,4H2,1-3H3. The van der Waals surface area contributed by atoms with Crippen molar-refractivity contribution < 1.29 is 19.0 Å². The zero-order valence-corrected chi connectivity index (χ0v) is 15.1. The largest absolute Gasteiger partial charge is 0.493 e. The average molecular weight is 357 g/mol. The number of carbonyl (C=O) groups is 1. The number of hydrogen-bond acceptors (Lipinski definition) is 5. The lowest BCUT2D eigenvalue weighted by Crippen LogP contribution is -2.08. The zero-order valence-electron chi connectivity index (χ0n) is 14.3. The van der Waals surface area contributed by atoms with Crippen LogP contribution in [0.15, 0.2) is 48.1 Å². The molecule has 0 saturated heterocycles. The SMILES string of the molecule is CCOC(=O)c1c(-c2ccc(OC)c(OC)c2)csc1-n1cccc1. The highest BCUT2D eigenvalue weighted by molar-refractivity contribution is 7.13. The van der Waals surface area contributed by atoms with E-state index in [2.05, 4.69) is 0 Å². The summed E-state index contributed by atoms with van der Waals surface area (Å²) in [5, 5.41) is 2.79. The number of carbonyl (C=O) groups excluding carboxylic acids is 1. The van der Waals surface area contributed by atoms with Crippen molar-refractivity contribution in [1.82, 2.24) is 4.57 Å². The molecule has 0 fully saturated rings. The summed E-state index contributed by atoms with van der Waals surface area (Å²) < 4.78 is 17.9. The molecular formula is C19H19NO4S. The van der Waals surface area contributed by atoms with E-state index in [1.54, 1.807) is 21.1 Å². The summed E-state index contributed by atoms with van der Waals surface area (Å²) in [5.74, 6) is 0.922. The minimum absolute atomic E-state index is 0.325. The summed E-state index contributed by atoms with van der Waals surface area (Å²) in [6.45, 7) is 2.13. The molecule has 6 heteroatoms. The van der Waals surface area contributed by atoms with Crippen molar-refractivity contribution in [1.29, 1.82) is 0 Å². The Morgan fingerprint density at radius 1 is 1.12 bits per heavy atom.